The van der Waals surface area contributed by atoms with Crippen molar-refractivity contribution in [2.75, 3.05) is 0 Å². The maximum atomic E-state index is 14.1. The molecule has 0 aromatic heterocycles. The molecule has 4 heteroatoms. The van der Waals surface area contributed by atoms with Crippen LogP contribution in [0.2, 0.25) is 0 Å². The summed E-state index contributed by atoms with van der Waals surface area (Å²) >= 11 is 0. The molecular formula is C16H15F3O. The number of hydrogen-bond acceptors (Lipinski definition) is 1. The van der Waals surface area contributed by atoms with Crippen LogP contribution >= 0.6 is 0 Å². The minimum Gasteiger partial charge on any atom is -0.380 e. The fourth-order valence-electron chi connectivity index (χ4n) is 2.55. The van der Waals surface area contributed by atoms with Crippen LogP contribution in [0.1, 0.15) is 29.2 Å². The van der Waals surface area contributed by atoms with Crippen LogP contribution in [0.4, 0.5) is 13.2 Å². The van der Waals surface area contributed by atoms with Crippen molar-refractivity contribution < 1.29 is 18.3 Å². The van der Waals surface area contributed by atoms with Crippen LogP contribution in [0.5, 0.6) is 0 Å². The van der Waals surface area contributed by atoms with Crippen molar-refractivity contribution in [2.45, 2.75) is 26.4 Å². The lowest BCUT2D eigenvalue weighted by atomic mass is 9.84. The van der Waals surface area contributed by atoms with Crippen LogP contribution < -0.4 is 0 Å². The first kappa shape index (κ1) is 14.6. The molecule has 20 heavy (non-hydrogen) atoms. The Morgan fingerprint density at radius 2 is 1.65 bits per heavy atom. The molecule has 0 spiro atoms. The summed E-state index contributed by atoms with van der Waals surface area (Å²) in [6.45, 7) is 4.60. The van der Waals surface area contributed by atoms with Crippen LogP contribution in [-0.2, 0) is 5.60 Å². The van der Waals surface area contributed by atoms with E-state index in [1.807, 2.05) is 0 Å². The number of aliphatic hydroxyl groups is 1. The SMILES string of the molecule is Cc1cc(C)c(C(C)(O)c2cccc(F)c2F)c(F)c1. The fourth-order valence-corrected chi connectivity index (χ4v) is 2.55. The standard InChI is InChI=1S/C16H15F3O/c1-9-7-10(2)14(13(18)8-9)16(3,20)11-5-4-6-12(17)15(11)19/h4-8,20H,1-3H3. The summed E-state index contributed by atoms with van der Waals surface area (Å²) in [7, 11) is 0. The first-order chi connectivity index (χ1) is 9.25. The molecule has 0 radical (unpaired) electrons. The van der Waals surface area contributed by atoms with Gasteiger partial charge in [-0.3, -0.25) is 0 Å². The van der Waals surface area contributed by atoms with Crippen LogP contribution in [0, 0.1) is 31.3 Å². The van der Waals surface area contributed by atoms with E-state index in [4.69, 9.17) is 0 Å². The minimum absolute atomic E-state index is 0.0485. The molecule has 2 rings (SSSR count). The lowest BCUT2D eigenvalue weighted by Crippen LogP contribution is -2.27. The summed E-state index contributed by atoms with van der Waals surface area (Å²) in [5.41, 5.74) is -1.11. The van der Waals surface area contributed by atoms with Crippen molar-refractivity contribution >= 4 is 0 Å². The van der Waals surface area contributed by atoms with Gasteiger partial charge in [-0.25, -0.2) is 13.2 Å². The van der Waals surface area contributed by atoms with Crippen LogP contribution in [0.3, 0.4) is 0 Å². The van der Waals surface area contributed by atoms with Gasteiger partial charge in [0, 0.05) is 11.1 Å². The van der Waals surface area contributed by atoms with Gasteiger partial charge in [-0.1, -0.05) is 18.2 Å². The summed E-state index contributed by atoms with van der Waals surface area (Å²) < 4.78 is 41.3. The quantitative estimate of drug-likeness (QED) is 0.882. The summed E-state index contributed by atoms with van der Waals surface area (Å²) in [5, 5.41) is 10.6. The summed E-state index contributed by atoms with van der Waals surface area (Å²) in [5.74, 6) is -2.89. The summed E-state index contributed by atoms with van der Waals surface area (Å²) in [6.07, 6.45) is 0. The van der Waals surface area contributed by atoms with Gasteiger partial charge < -0.3 is 5.11 Å². The zero-order chi connectivity index (χ0) is 15.1. The molecule has 0 aliphatic rings. The number of halogens is 3. The molecule has 1 unspecified atom stereocenters. The van der Waals surface area contributed by atoms with Gasteiger partial charge in [-0.2, -0.15) is 0 Å². The lowest BCUT2D eigenvalue weighted by Gasteiger charge is -2.27. The Kier molecular flexibility index (Phi) is 3.61. The van der Waals surface area contributed by atoms with Gasteiger partial charge in [0.2, 0.25) is 0 Å². The Labute approximate surface area is 115 Å². The molecule has 0 bridgehead atoms. The van der Waals surface area contributed by atoms with Crippen molar-refractivity contribution in [1.82, 2.24) is 0 Å². The average molecular weight is 280 g/mol. The van der Waals surface area contributed by atoms with Crippen molar-refractivity contribution in [2.24, 2.45) is 0 Å². The zero-order valence-electron chi connectivity index (χ0n) is 11.5. The molecule has 0 saturated heterocycles. The second-order valence-corrected chi connectivity index (χ2v) is 5.11. The van der Waals surface area contributed by atoms with Gasteiger partial charge in [0.25, 0.3) is 0 Å². The molecule has 106 valence electrons. The van der Waals surface area contributed by atoms with Crippen LogP contribution in [-0.4, -0.2) is 5.11 Å². The van der Waals surface area contributed by atoms with Crippen molar-refractivity contribution in [3.8, 4) is 0 Å². The Morgan fingerprint density at radius 1 is 1.00 bits per heavy atom. The molecule has 0 amide bonds. The first-order valence-electron chi connectivity index (χ1n) is 6.19. The van der Waals surface area contributed by atoms with E-state index in [2.05, 4.69) is 0 Å². The van der Waals surface area contributed by atoms with Crippen LogP contribution in [0.25, 0.3) is 0 Å². The van der Waals surface area contributed by atoms with Gasteiger partial charge in [0.05, 0.1) is 0 Å². The van der Waals surface area contributed by atoms with E-state index in [9.17, 15) is 18.3 Å². The first-order valence-corrected chi connectivity index (χ1v) is 6.19. The molecule has 1 N–H and O–H groups in total. The highest BCUT2D eigenvalue weighted by atomic mass is 19.2. The Balaban J connectivity index is 2.70. The second kappa shape index (κ2) is 4.94. The van der Waals surface area contributed by atoms with E-state index in [0.29, 0.717) is 11.1 Å². The Morgan fingerprint density at radius 3 is 2.25 bits per heavy atom. The molecule has 1 atom stereocenters. The third kappa shape index (κ3) is 2.31. The molecule has 0 aliphatic carbocycles. The van der Waals surface area contributed by atoms with Gasteiger partial charge in [-0.05, 0) is 44.0 Å². The molecule has 0 saturated carbocycles. The summed E-state index contributed by atoms with van der Waals surface area (Å²) in [6, 6.07) is 6.42. The monoisotopic (exact) mass is 280 g/mol. The van der Waals surface area contributed by atoms with Gasteiger partial charge in [-0.15, -0.1) is 0 Å². The number of aryl methyl sites for hydroxylation is 2. The molecule has 2 aromatic carbocycles. The molecule has 1 nitrogen and oxygen atoms in total. The predicted octanol–water partition coefficient (Wildman–Crippen LogP) is 3.98. The molecule has 0 aliphatic heterocycles. The van der Waals surface area contributed by atoms with E-state index >= 15 is 0 Å². The van der Waals surface area contributed by atoms with Gasteiger partial charge in [0.15, 0.2) is 11.6 Å². The second-order valence-electron chi connectivity index (χ2n) is 5.11. The lowest BCUT2D eigenvalue weighted by molar-refractivity contribution is 0.0921. The van der Waals surface area contributed by atoms with E-state index in [1.54, 1.807) is 19.9 Å². The van der Waals surface area contributed by atoms with E-state index in [0.717, 1.165) is 6.07 Å². The highest BCUT2D eigenvalue weighted by molar-refractivity contribution is 5.43. The molecule has 0 heterocycles. The molecule has 2 aromatic rings. The third-order valence-electron chi connectivity index (χ3n) is 3.39. The predicted molar refractivity (Wildman–Crippen MR) is 70.9 cm³/mol. The smallest absolute Gasteiger partial charge is 0.165 e. The topological polar surface area (TPSA) is 20.2 Å². The largest absolute Gasteiger partial charge is 0.380 e. The van der Waals surface area contributed by atoms with Gasteiger partial charge in [0.1, 0.15) is 11.4 Å². The highest BCUT2D eigenvalue weighted by Gasteiger charge is 2.34. The van der Waals surface area contributed by atoms with Gasteiger partial charge >= 0.3 is 0 Å². The van der Waals surface area contributed by atoms with Crippen molar-refractivity contribution in [3.63, 3.8) is 0 Å². The summed E-state index contributed by atoms with van der Waals surface area (Å²) in [4.78, 5) is 0. The van der Waals surface area contributed by atoms with E-state index in [1.165, 1.54) is 25.1 Å². The molecule has 0 fully saturated rings. The van der Waals surface area contributed by atoms with Crippen molar-refractivity contribution in [1.29, 1.82) is 0 Å². The zero-order valence-corrected chi connectivity index (χ0v) is 11.5. The Hall–Kier alpha value is -1.81. The minimum atomic E-state index is -1.95. The van der Waals surface area contributed by atoms with E-state index in [-0.39, 0.29) is 11.1 Å². The Bertz CT molecular complexity index is 640. The van der Waals surface area contributed by atoms with Crippen molar-refractivity contribution in [3.05, 3.63) is 70.0 Å². The van der Waals surface area contributed by atoms with Crippen LogP contribution in [0.15, 0.2) is 30.3 Å². The highest BCUT2D eigenvalue weighted by Crippen LogP contribution is 2.35. The number of rotatable bonds is 2. The molecular weight excluding hydrogens is 265 g/mol. The maximum absolute atomic E-state index is 14.1. The normalized spacial score (nSPS) is 14.2. The number of benzene rings is 2. The third-order valence-corrected chi connectivity index (χ3v) is 3.39. The van der Waals surface area contributed by atoms with E-state index < -0.39 is 23.1 Å². The fraction of sp³-hybridized carbons (Fsp3) is 0.250. The average Bonchev–Trinajstić information content (AvgIpc) is 2.30. The maximum Gasteiger partial charge on any atom is 0.165 e. The number of hydrogen-bond donors (Lipinski definition) is 1.